The maximum absolute atomic E-state index is 13.7. The molecule has 3 N–H and O–H groups in total. The number of carbonyl (C=O) groups excluding carboxylic acids is 2. The molecule has 0 radical (unpaired) electrons. The van der Waals surface area contributed by atoms with Gasteiger partial charge in [-0.15, -0.1) is 23.5 Å². The van der Waals surface area contributed by atoms with Crippen molar-refractivity contribution < 1.29 is 23.1 Å². The molecule has 1 saturated heterocycles. The lowest BCUT2D eigenvalue weighted by Crippen LogP contribution is -2.46. The fraction of sp³-hybridized carbons (Fsp3) is 0.333. The van der Waals surface area contributed by atoms with Gasteiger partial charge in [-0.1, -0.05) is 54.6 Å². The molecule has 10 nitrogen and oxygen atoms in total. The molecule has 13 heteroatoms. The number of hydrogen-bond acceptors (Lipinski definition) is 11. The lowest BCUT2D eigenvalue weighted by atomic mass is 9.99. The van der Waals surface area contributed by atoms with E-state index in [1.54, 1.807) is 41.7 Å². The van der Waals surface area contributed by atoms with Crippen LogP contribution >= 0.6 is 23.5 Å². The number of carbonyl (C=O) groups is 2. The lowest BCUT2D eigenvalue weighted by Gasteiger charge is -2.36. The Labute approximate surface area is 370 Å². The minimum Gasteiger partial charge on any atom is -0.393 e. The molecule has 322 valence electrons. The number of aliphatic hydroxyl groups excluding tert-OH is 1. The number of nitrogens with one attached hydrogen (secondary N) is 2. The van der Waals surface area contributed by atoms with Crippen LogP contribution in [0.5, 0.6) is 0 Å². The summed E-state index contributed by atoms with van der Waals surface area (Å²) in [6.45, 7) is 5.11. The van der Waals surface area contributed by atoms with E-state index in [2.05, 4.69) is 91.7 Å². The molecule has 6 rings (SSSR count). The van der Waals surface area contributed by atoms with Crippen LogP contribution in [0.2, 0.25) is 0 Å². The van der Waals surface area contributed by atoms with E-state index in [-0.39, 0.29) is 35.8 Å². The Morgan fingerprint density at radius 3 is 2.23 bits per heavy atom. The second-order valence-electron chi connectivity index (χ2n) is 15.6. The van der Waals surface area contributed by atoms with Crippen molar-refractivity contribution in [1.29, 1.82) is 0 Å². The van der Waals surface area contributed by atoms with Crippen LogP contribution in [0.15, 0.2) is 136 Å². The molecular weight excluding hydrogens is 823 g/mol. The Bertz CT molecular complexity index is 2290. The third kappa shape index (κ3) is 13.4. The number of sulfonamides is 1. The first-order valence-electron chi connectivity index (χ1n) is 20.7. The fourth-order valence-corrected chi connectivity index (χ4v) is 9.81. The van der Waals surface area contributed by atoms with Crippen molar-refractivity contribution in [2.75, 3.05) is 69.0 Å². The molecule has 1 aliphatic heterocycles. The van der Waals surface area contributed by atoms with Gasteiger partial charge < -0.3 is 25.0 Å². The molecule has 1 unspecified atom stereocenters. The number of benzene rings is 5. The van der Waals surface area contributed by atoms with Gasteiger partial charge >= 0.3 is 0 Å². The predicted octanol–water partition coefficient (Wildman–Crippen LogP) is 7.92. The maximum Gasteiger partial charge on any atom is 0.264 e. The molecule has 1 fully saturated rings. The number of aliphatic hydroxyl groups is 1. The molecule has 1 amide bonds. The Hall–Kier alpha value is -4.63. The monoisotopic (exact) mass is 879 g/mol. The molecule has 2 atom stereocenters. The summed E-state index contributed by atoms with van der Waals surface area (Å²) in [6.07, 6.45) is 3.39. The Kier molecular flexibility index (Phi) is 16.9. The van der Waals surface area contributed by atoms with Gasteiger partial charge in [0.1, 0.15) is 6.29 Å². The quantitative estimate of drug-likeness (QED) is 0.0493. The molecular formula is C48H57N5O5S3. The number of hydrogen-bond donors (Lipinski definition) is 3. The zero-order chi connectivity index (χ0) is 43.2. The first-order chi connectivity index (χ1) is 29.5. The molecule has 0 aliphatic carbocycles. The molecule has 5 aromatic rings. The van der Waals surface area contributed by atoms with Crippen molar-refractivity contribution >= 4 is 57.1 Å². The van der Waals surface area contributed by atoms with Gasteiger partial charge in [0.25, 0.3) is 15.9 Å². The summed E-state index contributed by atoms with van der Waals surface area (Å²) < 4.78 is 29.7. The van der Waals surface area contributed by atoms with E-state index < -0.39 is 22.0 Å². The van der Waals surface area contributed by atoms with Crippen molar-refractivity contribution in [3.63, 3.8) is 0 Å². The molecule has 0 aromatic heterocycles. The zero-order valence-corrected chi connectivity index (χ0v) is 37.7. The largest absolute Gasteiger partial charge is 0.393 e. The van der Waals surface area contributed by atoms with Gasteiger partial charge in [0.05, 0.1) is 11.0 Å². The second kappa shape index (κ2) is 22.5. The third-order valence-corrected chi connectivity index (χ3v) is 14.1. The van der Waals surface area contributed by atoms with Gasteiger partial charge in [0.15, 0.2) is 0 Å². The van der Waals surface area contributed by atoms with Gasteiger partial charge in [0, 0.05) is 84.1 Å². The van der Waals surface area contributed by atoms with Crippen LogP contribution < -0.4 is 14.9 Å². The Balaban J connectivity index is 1.09. The van der Waals surface area contributed by atoms with Crippen molar-refractivity contribution in [3.05, 3.63) is 138 Å². The summed E-state index contributed by atoms with van der Waals surface area (Å²) in [4.78, 5) is 33.7. The van der Waals surface area contributed by atoms with Gasteiger partial charge in [-0.25, -0.2) is 13.1 Å². The van der Waals surface area contributed by atoms with Crippen molar-refractivity contribution in [2.45, 2.75) is 59.1 Å². The van der Waals surface area contributed by atoms with Gasteiger partial charge in [-0.05, 0) is 129 Å². The van der Waals surface area contributed by atoms with Crippen molar-refractivity contribution in [3.8, 4) is 11.1 Å². The van der Waals surface area contributed by atoms with E-state index in [1.165, 1.54) is 33.7 Å². The average Bonchev–Trinajstić information content (AvgIpc) is 3.27. The predicted molar refractivity (Wildman–Crippen MR) is 251 cm³/mol. The van der Waals surface area contributed by atoms with E-state index in [0.29, 0.717) is 11.3 Å². The fourth-order valence-electron chi connectivity index (χ4n) is 7.39. The van der Waals surface area contributed by atoms with Gasteiger partial charge in [-0.2, -0.15) is 0 Å². The van der Waals surface area contributed by atoms with Crippen LogP contribution in [0, 0.1) is 0 Å². The topological polar surface area (TPSA) is 122 Å². The van der Waals surface area contributed by atoms with E-state index in [0.717, 1.165) is 68.3 Å². The molecule has 61 heavy (non-hydrogen) atoms. The molecule has 0 spiro atoms. The summed E-state index contributed by atoms with van der Waals surface area (Å²) in [5.74, 6) is 0.0363. The van der Waals surface area contributed by atoms with Crippen LogP contribution in [0.3, 0.4) is 0 Å². The number of rotatable bonds is 21. The highest BCUT2D eigenvalue weighted by Crippen LogP contribution is 2.29. The number of amides is 1. The number of piperazine rings is 1. The minimum absolute atomic E-state index is 0.0311. The maximum atomic E-state index is 13.7. The highest BCUT2D eigenvalue weighted by atomic mass is 32.2. The van der Waals surface area contributed by atoms with E-state index in [9.17, 15) is 23.1 Å². The van der Waals surface area contributed by atoms with E-state index in [1.807, 2.05) is 44.4 Å². The third-order valence-electron chi connectivity index (χ3n) is 10.8. The lowest BCUT2D eigenvalue weighted by molar-refractivity contribution is -0.108. The number of thioether (sulfide) groups is 2. The molecule has 0 bridgehead atoms. The normalized spacial score (nSPS) is 14.4. The van der Waals surface area contributed by atoms with Gasteiger partial charge in [-0.3, -0.25) is 9.69 Å². The minimum atomic E-state index is -4.28. The van der Waals surface area contributed by atoms with Crippen LogP contribution in [0.4, 0.5) is 11.4 Å². The molecule has 1 aliphatic rings. The number of anilines is 2. The highest BCUT2D eigenvalue weighted by molar-refractivity contribution is 7.99. The van der Waals surface area contributed by atoms with Crippen LogP contribution in [-0.4, -0.2) is 106 Å². The second-order valence-corrected chi connectivity index (χ2v) is 19.3. The molecule has 0 saturated carbocycles. The highest BCUT2D eigenvalue weighted by Gasteiger charge is 2.24. The van der Waals surface area contributed by atoms with Crippen molar-refractivity contribution in [2.24, 2.45) is 0 Å². The first kappa shape index (κ1) is 45.9. The summed E-state index contributed by atoms with van der Waals surface area (Å²) >= 11 is 3.47. The SMILES string of the molecule is CSc1ccc(-c2ccccc2CN2CCN(c3ccc(C(=O)NS(=O)(=O)c4ccc(N[C@H](CCN(C)C)CSc5ccccc5)c(CC(O)CCC=O)c4)cc3)CC2)cc1. The summed E-state index contributed by atoms with van der Waals surface area (Å²) in [5.41, 5.74) is 6.26. The number of aldehydes is 1. The first-order valence-corrected chi connectivity index (χ1v) is 24.4. The molecule has 1 heterocycles. The van der Waals surface area contributed by atoms with Crippen LogP contribution in [0.1, 0.15) is 40.7 Å². The van der Waals surface area contributed by atoms with E-state index >= 15 is 0 Å². The summed E-state index contributed by atoms with van der Waals surface area (Å²) in [6, 6.07) is 39.2. The summed E-state index contributed by atoms with van der Waals surface area (Å²) in [7, 11) is -0.229. The summed E-state index contributed by atoms with van der Waals surface area (Å²) in [5, 5.41) is 14.5. The Morgan fingerprint density at radius 1 is 0.836 bits per heavy atom. The van der Waals surface area contributed by atoms with Crippen molar-refractivity contribution in [1.82, 2.24) is 14.5 Å². The smallest absolute Gasteiger partial charge is 0.264 e. The standard InChI is InChI=1S/C48H57N5O5S3/c1-51(2)26-25-40(35-60-44-12-5-4-6-13-44)49-47-24-23-45(33-39(47)32-42(55)11-9-31-54)61(57,58)50-48(56)37-15-19-41(20-16-37)53-29-27-52(28-30-53)34-38-10-7-8-14-46(38)36-17-21-43(59-3)22-18-36/h4-8,10,12-24,31,33,40,42,49,55H,9,11,25-30,32,34-35H2,1-3H3,(H,50,56)/t40-,42?/m1/s1. The van der Waals surface area contributed by atoms with Crippen LogP contribution in [-0.2, 0) is 27.8 Å². The van der Waals surface area contributed by atoms with E-state index in [4.69, 9.17) is 0 Å². The zero-order valence-electron chi connectivity index (χ0n) is 35.2. The Morgan fingerprint density at radius 2 is 1.54 bits per heavy atom. The van der Waals surface area contributed by atoms with Crippen LogP contribution in [0.25, 0.3) is 11.1 Å². The molecule has 5 aromatic carbocycles. The number of nitrogens with zero attached hydrogens (tertiary/aromatic N) is 3. The average molecular weight is 880 g/mol. The van der Waals surface area contributed by atoms with Gasteiger partial charge in [0.2, 0.25) is 0 Å².